The average molecular weight is 993 g/mol. The maximum absolute atomic E-state index is 12.4. The van der Waals surface area contributed by atoms with Crippen LogP contribution in [0.5, 0.6) is 0 Å². The minimum atomic E-state index is -0.455. The molecule has 5 saturated heterocycles. The van der Waals surface area contributed by atoms with Crippen LogP contribution in [-0.2, 0) is 38.3 Å². The summed E-state index contributed by atoms with van der Waals surface area (Å²) in [4.78, 5) is 89.7. The molecule has 5 aliphatic rings. The summed E-state index contributed by atoms with van der Waals surface area (Å²) in [5.41, 5.74) is 0. The van der Waals surface area contributed by atoms with E-state index in [2.05, 4.69) is 55.1 Å². The summed E-state index contributed by atoms with van der Waals surface area (Å²) in [6, 6.07) is 0. The Balaban J connectivity index is 0.000000441. The quantitative estimate of drug-likeness (QED) is 0.0979. The predicted octanol–water partition coefficient (Wildman–Crippen LogP) is 3.83. The monoisotopic (exact) mass is 993 g/mol. The Morgan fingerprint density at radius 2 is 0.943 bits per heavy atom. The SMILES string of the molecule is CNC1CCCN1C(=O)[C@H](CC(C)C)C(C)=O.CNC1CCCN1CCC(C)=O.CNC1CCCN1CCC(C)=O.CNC1CCCN1C[C@H](CC(C)C)C(C)=O.CNC1COCN1C(=O)CC(C)=O. The number of hydrogen-bond acceptors (Lipinski definition) is 16. The molecule has 0 aliphatic carbocycles. The van der Waals surface area contributed by atoms with Gasteiger partial charge in [-0.15, -0.1) is 0 Å². The molecule has 0 radical (unpaired) electrons. The molecule has 0 spiro atoms. The number of ether oxygens (including phenoxy) is 1. The Bertz CT molecular complexity index is 1530. The topological polar surface area (TPSA) is 205 Å². The number of carbonyl (C=O) groups excluding carboxylic acids is 7. The van der Waals surface area contributed by atoms with Crippen LogP contribution in [0.25, 0.3) is 0 Å². The van der Waals surface area contributed by atoms with Crippen molar-refractivity contribution in [3.8, 4) is 0 Å². The molecule has 0 saturated carbocycles. The highest BCUT2D eigenvalue weighted by Gasteiger charge is 2.35. The first-order chi connectivity index (χ1) is 33.1. The van der Waals surface area contributed by atoms with Crippen molar-refractivity contribution in [2.75, 3.05) is 94.4 Å². The number of carbonyl (C=O) groups is 7. The zero-order chi connectivity index (χ0) is 52.9. The van der Waals surface area contributed by atoms with E-state index in [1.165, 1.54) is 57.3 Å². The molecule has 5 N–H and O–H groups in total. The van der Waals surface area contributed by atoms with Gasteiger partial charge < -0.3 is 35.8 Å². The Morgan fingerprint density at radius 3 is 1.34 bits per heavy atom. The van der Waals surface area contributed by atoms with Crippen molar-refractivity contribution < 1.29 is 38.3 Å². The Hall–Kier alpha value is -3.07. The van der Waals surface area contributed by atoms with E-state index in [1.807, 2.05) is 46.9 Å². The van der Waals surface area contributed by atoms with Crippen molar-refractivity contribution >= 4 is 40.7 Å². The standard InChI is InChI=1S/C13H24N2O2.C13H26N2O.2C9H18N2O.C8H14N2O3/c1-9(2)8-11(10(3)16)13(17)15-7-5-6-12(15)14-4;1-10(2)8-12(11(3)16)9-15-7-5-6-13(15)14-4;2*1-8(12)5-7-11-6-3-4-9(11)10-2;1-6(11)3-8(12)10-5-13-4-7(10)9-2/h9,11-12,14H,5-8H2,1-4H3;10,12-14H,5-9H2,1-4H3;2*9-10H,3-7H2,1-2H3;7,9H,3-5H2,1-2H3/t11-,12?;12-,13?;;;/m10.../s1. The number of likely N-dealkylation sites (N-methyl/N-ethyl adjacent to an activating group) is 1. The first kappa shape index (κ1) is 64.9. The predicted molar refractivity (Wildman–Crippen MR) is 278 cm³/mol. The van der Waals surface area contributed by atoms with Crippen LogP contribution < -0.4 is 26.6 Å². The highest BCUT2D eigenvalue weighted by Crippen LogP contribution is 2.23. The van der Waals surface area contributed by atoms with Gasteiger partial charge in [0, 0.05) is 44.9 Å². The van der Waals surface area contributed by atoms with E-state index in [1.54, 1.807) is 27.8 Å². The lowest BCUT2D eigenvalue weighted by atomic mass is 9.92. The normalized spacial score (nSPS) is 23.3. The second-order valence-corrected chi connectivity index (χ2v) is 20.6. The van der Waals surface area contributed by atoms with Gasteiger partial charge in [0.15, 0.2) is 0 Å². The largest absolute Gasteiger partial charge is 0.357 e. The fraction of sp³-hybridized carbons (Fsp3) is 0.865. The molecule has 0 bridgehead atoms. The number of ketones is 5. The third-order valence-corrected chi connectivity index (χ3v) is 13.7. The van der Waals surface area contributed by atoms with Crippen LogP contribution in [0.4, 0.5) is 0 Å². The fourth-order valence-corrected chi connectivity index (χ4v) is 9.72. The number of nitrogens with zero attached hydrogens (tertiary/aromatic N) is 5. The zero-order valence-corrected chi connectivity index (χ0v) is 46.3. The zero-order valence-electron chi connectivity index (χ0n) is 46.3. The third-order valence-electron chi connectivity index (χ3n) is 13.7. The average Bonchev–Trinajstić information content (AvgIpc) is 4.17. The third kappa shape index (κ3) is 25.0. The van der Waals surface area contributed by atoms with Gasteiger partial charge in [0.1, 0.15) is 41.8 Å². The molecular formula is C52H100N10O8. The molecule has 5 aliphatic heterocycles. The van der Waals surface area contributed by atoms with Crippen molar-refractivity contribution in [1.82, 2.24) is 51.1 Å². The van der Waals surface area contributed by atoms with Crippen molar-refractivity contribution in [3.05, 3.63) is 0 Å². The van der Waals surface area contributed by atoms with E-state index in [0.29, 0.717) is 62.0 Å². The molecule has 0 aromatic carbocycles. The Labute approximate surface area is 423 Å². The first-order valence-electron chi connectivity index (χ1n) is 26.4. The van der Waals surface area contributed by atoms with Gasteiger partial charge in [0.25, 0.3) is 0 Å². The molecule has 5 rings (SSSR count). The van der Waals surface area contributed by atoms with Gasteiger partial charge in [0.2, 0.25) is 11.8 Å². The van der Waals surface area contributed by atoms with Gasteiger partial charge in [0.05, 0.1) is 43.6 Å². The Kier molecular flexibility index (Phi) is 33.4. The van der Waals surface area contributed by atoms with Crippen molar-refractivity contribution in [1.29, 1.82) is 0 Å². The molecule has 70 heavy (non-hydrogen) atoms. The van der Waals surface area contributed by atoms with E-state index in [4.69, 9.17) is 4.74 Å². The summed E-state index contributed by atoms with van der Waals surface area (Å²) in [6.45, 7) is 24.1. The molecule has 406 valence electrons. The molecule has 2 amide bonds. The van der Waals surface area contributed by atoms with E-state index in [0.717, 1.165) is 65.1 Å². The Morgan fingerprint density at radius 1 is 0.514 bits per heavy atom. The van der Waals surface area contributed by atoms with Gasteiger partial charge in [-0.05, 0) is 166 Å². The van der Waals surface area contributed by atoms with E-state index in [9.17, 15) is 33.6 Å². The summed E-state index contributed by atoms with van der Waals surface area (Å²) in [5, 5.41) is 15.9. The van der Waals surface area contributed by atoms with Crippen LogP contribution >= 0.6 is 0 Å². The van der Waals surface area contributed by atoms with Crippen molar-refractivity contribution in [3.63, 3.8) is 0 Å². The number of hydrogen-bond donors (Lipinski definition) is 5. The number of likely N-dealkylation sites (tertiary alicyclic amines) is 4. The van der Waals surface area contributed by atoms with Crippen LogP contribution in [0.2, 0.25) is 0 Å². The van der Waals surface area contributed by atoms with E-state index >= 15 is 0 Å². The first-order valence-corrected chi connectivity index (χ1v) is 26.4. The molecule has 5 unspecified atom stereocenters. The van der Waals surface area contributed by atoms with Crippen LogP contribution in [-0.4, -0.2) is 190 Å². The summed E-state index contributed by atoms with van der Waals surface area (Å²) in [5.74, 6) is 1.35. The van der Waals surface area contributed by atoms with Crippen molar-refractivity contribution in [2.45, 2.75) is 177 Å². The smallest absolute Gasteiger partial charge is 0.234 e. The number of nitrogens with one attached hydrogen (secondary N) is 5. The van der Waals surface area contributed by atoms with Crippen LogP contribution in [0.15, 0.2) is 0 Å². The minimum absolute atomic E-state index is 0.00282. The summed E-state index contributed by atoms with van der Waals surface area (Å²) < 4.78 is 5.09. The highest BCUT2D eigenvalue weighted by atomic mass is 16.5. The lowest BCUT2D eigenvalue weighted by Gasteiger charge is -2.28. The lowest BCUT2D eigenvalue weighted by Crippen LogP contribution is -2.47. The summed E-state index contributed by atoms with van der Waals surface area (Å²) in [6.07, 6.45) is 13.9. The van der Waals surface area contributed by atoms with Crippen LogP contribution in [0.3, 0.4) is 0 Å². The molecular weight excluding hydrogens is 893 g/mol. The van der Waals surface area contributed by atoms with Crippen LogP contribution in [0, 0.1) is 23.7 Å². The molecule has 18 nitrogen and oxygen atoms in total. The molecule has 7 atom stereocenters. The van der Waals surface area contributed by atoms with Gasteiger partial charge in [-0.1, -0.05) is 27.7 Å². The lowest BCUT2D eigenvalue weighted by molar-refractivity contribution is -0.142. The second-order valence-electron chi connectivity index (χ2n) is 20.6. The molecule has 0 aromatic heterocycles. The van der Waals surface area contributed by atoms with Gasteiger partial charge >= 0.3 is 0 Å². The van der Waals surface area contributed by atoms with Crippen LogP contribution in [0.1, 0.15) is 146 Å². The number of Topliss-reactive ketones (excluding diaryl/α,β-unsaturated/α-hetero) is 5. The second kappa shape index (κ2) is 36.0. The summed E-state index contributed by atoms with van der Waals surface area (Å²) in [7, 11) is 9.59. The van der Waals surface area contributed by atoms with Gasteiger partial charge in [-0.25, -0.2) is 0 Å². The molecule has 0 aromatic rings. The number of rotatable bonds is 22. The van der Waals surface area contributed by atoms with E-state index < -0.39 is 5.92 Å². The molecule has 5 fully saturated rings. The number of amides is 2. The fourth-order valence-electron chi connectivity index (χ4n) is 9.72. The highest BCUT2D eigenvalue weighted by molar-refractivity contribution is 6.00. The molecule has 5 heterocycles. The van der Waals surface area contributed by atoms with Gasteiger partial charge in [-0.3, -0.25) is 53.6 Å². The van der Waals surface area contributed by atoms with Crippen molar-refractivity contribution in [2.24, 2.45) is 23.7 Å². The maximum Gasteiger partial charge on any atom is 0.234 e. The van der Waals surface area contributed by atoms with E-state index in [-0.39, 0.29) is 66.3 Å². The summed E-state index contributed by atoms with van der Waals surface area (Å²) >= 11 is 0. The van der Waals surface area contributed by atoms with Gasteiger partial charge in [-0.2, -0.15) is 0 Å². The molecule has 18 heteroatoms. The maximum atomic E-state index is 12.4. The minimum Gasteiger partial charge on any atom is -0.357 e.